The van der Waals surface area contributed by atoms with Crippen LogP contribution in [0.25, 0.3) is 11.3 Å². The highest BCUT2D eigenvalue weighted by atomic mass is 32.2. The van der Waals surface area contributed by atoms with Crippen LogP contribution in [0.3, 0.4) is 0 Å². The molecule has 1 aromatic heterocycles. The van der Waals surface area contributed by atoms with Gasteiger partial charge in [-0.2, -0.15) is 0 Å². The van der Waals surface area contributed by atoms with Gasteiger partial charge in [0, 0.05) is 24.6 Å². The Hall–Kier alpha value is -1.70. The van der Waals surface area contributed by atoms with Crippen molar-refractivity contribution in [2.24, 2.45) is 11.7 Å². The highest BCUT2D eigenvalue weighted by molar-refractivity contribution is 7.89. The Bertz CT molecular complexity index is 809. The first-order chi connectivity index (χ1) is 11.3. The second-order valence-corrected chi connectivity index (χ2v) is 8.37. The van der Waals surface area contributed by atoms with E-state index in [0.29, 0.717) is 17.4 Å². The number of aryl methyl sites for hydroxylation is 1. The van der Waals surface area contributed by atoms with Gasteiger partial charge in [-0.1, -0.05) is 36.8 Å². The summed E-state index contributed by atoms with van der Waals surface area (Å²) in [5.41, 5.74) is 6.41. The van der Waals surface area contributed by atoms with Gasteiger partial charge in [-0.05, 0) is 25.7 Å². The van der Waals surface area contributed by atoms with Gasteiger partial charge in [-0.3, -0.25) is 0 Å². The molecule has 1 atom stereocenters. The molecular formula is C17H23N3O3S. The molecule has 24 heavy (non-hydrogen) atoms. The van der Waals surface area contributed by atoms with Crippen LogP contribution in [0.1, 0.15) is 32.1 Å². The first kappa shape index (κ1) is 17.1. The quantitative estimate of drug-likeness (QED) is 0.835. The normalized spacial score (nSPS) is 18.1. The SMILES string of the molecule is Cc1nc(S(=O)(=O)NCC(C)(N)C2CCC2)c(-c2ccccc2)o1. The molecule has 0 spiro atoms. The monoisotopic (exact) mass is 349 g/mol. The molecule has 1 aromatic carbocycles. The number of benzene rings is 1. The van der Waals surface area contributed by atoms with Crippen molar-refractivity contribution < 1.29 is 12.8 Å². The molecule has 130 valence electrons. The summed E-state index contributed by atoms with van der Waals surface area (Å²) in [5.74, 6) is 0.916. The predicted octanol–water partition coefficient (Wildman–Crippen LogP) is 2.45. The second kappa shape index (κ2) is 6.31. The first-order valence-electron chi connectivity index (χ1n) is 8.11. The van der Waals surface area contributed by atoms with Crippen LogP contribution in [0.2, 0.25) is 0 Å². The van der Waals surface area contributed by atoms with Gasteiger partial charge in [0.25, 0.3) is 10.0 Å². The minimum atomic E-state index is -3.80. The molecule has 1 heterocycles. The molecule has 1 fully saturated rings. The van der Waals surface area contributed by atoms with E-state index in [1.165, 1.54) is 0 Å². The number of oxazole rings is 1. The van der Waals surface area contributed by atoms with Crippen molar-refractivity contribution in [3.63, 3.8) is 0 Å². The lowest BCUT2D eigenvalue weighted by Crippen LogP contribution is -2.55. The van der Waals surface area contributed by atoms with Gasteiger partial charge in [0.1, 0.15) is 0 Å². The van der Waals surface area contributed by atoms with Crippen molar-refractivity contribution in [2.45, 2.75) is 43.7 Å². The lowest BCUT2D eigenvalue weighted by Gasteiger charge is -2.40. The van der Waals surface area contributed by atoms with Crippen molar-refractivity contribution in [1.29, 1.82) is 0 Å². The zero-order valence-corrected chi connectivity index (χ0v) is 14.8. The van der Waals surface area contributed by atoms with Crippen LogP contribution in [-0.2, 0) is 10.0 Å². The largest absolute Gasteiger partial charge is 0.440 e. The number of hydrogen-bond donors (Lipinski definition) is 2. The van der Waals surface area contributed by atoms with Crippen LogP contribution in [0.4, 0.5) is 0 Å². The number of nitrogens with one attached hydrogen (secondary N) is 1. The van der Waals surface area contributed by atoms with Crippen LogP contribution in [-0.4, -0.2) is 25.5 Å². The van der Waals surface area contributed by atoms with E-state index in [-0.39, 0.29) is 17.3 Å². The highest BCUT2D eigenvalue weighted by Gasteiger charge is 2.36. The zero-order valence-electron chi connectivity index (χ0n) is 14.0. The van der Waals surface area contributed by atoms with Gasteiger partial charge in [0.05, 0.1) is 0 Å². The molecule has 0 radical (unpaired) electrons. The molecule has 1 unspecified atom stereocenters. The van der Waals surface area contributed by atoms with E-state index in [0.717, 1.165) is 19.3 Å². The Kier molecular flexibility index (Phi) is 4.50. The summed E-state index contributed by atoms with van der Waals surface area (Å²) in [7, 11) is -3.80. The van der Waals surface area contributed by atoms with Gasteiger partial charge in [0.2, 0.25) is 5.03 Å². The molecule has 3 rings (SSSR count). The first-order valence-corrected chi connectivity index (χ1v) is 9.59. The molecule has 1 aliphatic carbocycles. The van der Waals surface area contributed by atoms with Gasteiger partial charge in [0.15, 0.2) is 11.7 Å². The third-order valence-electron chi connectivity index (χ3n) is 4.67. The third kappa shape index (κ3) is 3.38. The third-order valence-corrected chi connectivity index (χ3v) is 5.98. The number of sulfonamides is 1. The summed E-state index contributed by atoms with van der Waals surface area (Å²) >= 11 is 0. The summed E-state index contributed by atoms with van der Waals surface area (Å²) in [5, 5.41) is -0.0874. The molecule has 6 nitrogen and oxygen atoms in total. The number of nitrogens with two attached hydrogens (primary N) is 1. The number of hydrogen-bond acceptors (Lipinski definition) is 5. The number of nitrogens with zero attached hydrogens (tertiary/aromatic N) is 1. The smallest absolute Gasteiger partial charge is 0.262 e. The van der Waals surface area contributed by atoms with Crippen molar-refractivity contribution in [3.8, 4) is 11.3 Å². The summed E-state index contributed by atoms with van der Waals surface area (Å²) in [4.78, 5) is 4.08. The average molecular weight is 349 g/mol. The maximum Gasteiger partial charge on any atom is 0.262 e. The summed E-state index contributed by atoms with van der Waals surface area (Å²) in [6, 6.07) is 9.09. The van der Waals surface area contributed by atoms with Crippen molar-refractivity contribution in [1.82, 2.24) is 9.71 Å². The van der Waals surface area contributed by atoms with E-state index in [1.807, 2.05) is 25.1 Å². The maximum absolute atomic E-state index is 12.7. The fourth-order valence-electron chi connectivity index (χ4n) is 2.89. The minimum Gasteiger partial charge on any atom is -0.440 e. The van der Waals surface area contributed by atoms with Crippen molar-refractivity contribution in [2.75, 3.05) is 6.54 Å². The molecule has 1 saturated carbocycles. The van der Waals surface area contributed by atoms with Crippen LogP contribution in [0, 0.1) is 12.8 Å². The van der Waals surface area contributed by atoms with Crippen LogP contribution in [0.15, 0.2) is 39.8 Å². The predicted molar refractivity (Wildman–Crippen MR) is 91.8 cm³/mol. The molecule has 3 N–H and O–H groups in total. The molecule has 0 bridgehead atoms. The van der Waals surface area contributed by atoms with Gasteiger partial charge < -0.3 is 10.2 Å². The molecule has 0 amide bonds. The van der Waals surface area contributed by atoms with E-state index in [1.54, 1.807) is 19.1 Å². The van der Waals surface area contributed by atoms with E-state index in [9.17, 15) is 8.42 Å². The topological polar surface area (TPSA) is 98.2 Å². The van der Waals surface area contributed by atoms with E-state index in [4.69, 9.17) is 10.2 Å². The van der Waals surface area contributed by atoms with E-state index >= 15 is 0 Å². The number of aromatic nitrogens is 1. The summed E-state index contributed by atoms with van der Waals surface area (Å²) in [6.07, 6.45) is 3.25. The Morgan fingerprint density at radius 3 is 2.58 bits per heavy atom. The molecule has 0 saturated heterocycles. The Labute approximate surface area is 142 Å². The molecule has 1 aliphatic rings. The lowest BCUT2D eigenvalue weighted by molar-refractivity contribution is 0.184. The van der Waals surface area contributed by atoms with Crippen molar-refractivity contribution >= 4 is 10.0 Å². The van der Waals surface area contributed by atoms with Crippen molar-refractivity contribution in [3.05, 3.63) is 36.2 Å². The van der Waals surface area contributed by atoms with E-state index in [2.05, 4.69) is 9.71 Å². The fourth-order valence-corrected chi connectivity index (χ4v) is 4.18. The Morgan fingerprint density at radius 2 is 2.00 bits per heavy atom. The lowest BCUT2D eigenvalue weighted by atomic mass is 9.72. The van der Waals surface area contributed by atoms with Crippen LogP contribution >= 0.6 is 0 Å². The van der Waals surface area contributed by atoms with Gasteiger partial charge in [-0.15, -0.1) is 0 Å². The minimum absolute atomic E-state index is 0.0874. The molecule has 0 aliphatic heterocycles. The molecule has 2 aromatic rings. The molecular weight excluding hydrogens is 326 g/mol. The fraction of sp³-hybridized carbons (Fsp3) is 0.471. The average Bonchev–Trinajstić information content (AvgIpc) is 2.87. The summed E-state index contributed by atoms with van der Waals surface area (Å²) in [6.45, 7) is 3.71. The maximum atomic E-state index is 12.7. The van der Waals surface area contributed by atoms with E-state index < -0.39 is 15.6 Å². The Morgan fingerprint density at radius 1 is 1.33 bits per heavy atom. The second-order valence-electron chi connectivity index (χ2n) is 6.69. The van der Waals surface area contributed by atoms with Gasteiger partial charge >= 0.3 is 0 Å². The zero-order chi connectivity index (χ0) is 17.4. The van der Waals surface area contributed by atoms with Crippen LogP contribution in [0.5, 0.6) is 0 Å². The summed E-state index contributed by atoms with van der Waals surface area (Å²) < 4.78 is 33.6. The number of rotatable bonds is 6. The van der Waals surface area contributed by atoms with Crippen LogP contribution < -0.4 is 10.5 Å². The standard InChI is InChI=1S/C17H23N3O3S/c1-12-20-16(15(23-12)13-7-4-3-5-8-13)24(21,22)19-11-17(2,18)14-9-6-10-14/h3-5,7-8,14,19H,6,9-11,18H2,1-2H3. The molecule has 7 heteroatoms. The van der Waals surface area contributed by atoms with Gasteiger partial charge in [-0.25, -0.2) is 18.1 Å². The Balaban J connectivity index is 1.85. The highest BCUT2D eigenvalue weighted by Crippen LogP contribution is 2.34.